The molecule has 2 N–H and O–H groups in total. The summed E-state index contributed by atoms with van der Waals surface area (Å²) in [7, 11) is 5.37. The van der Waals surface area contributed by atoms with Crippen LogP contribution in [0, 0.1) is 5.92 Å². The number of hydrogen-bond acceptors (Lipinski definition) is 2. The zero-order valence-corrected chi connectivity index (χ0v) is 17.3. The zero-order chi connectivity index (χ0) is 19.5. The third-order valence-electron chi connectivity index (χ3n) is 5.32. The van der Waals surface area contributed by atoms with Gasteiger partial charge in [-0.1, -0.05) is 44.2 Å². The van der Waals surface area contributed by atoms with E-state index in [0.29, 0.717) is 0 Å². The number of carbonyl (C=O) groups is 1. The van der Waals surface area contributed by atoms with Gasteiger partial charge in [-0.2, -0.15) is 0 Å². The van der Waals surface area contributed by atoms with Gasteiger partial charge in [0.05, 0.1) is 0 Å². The maximum atomic E-state index is 12.1. The number of nitrogens with zero attached hydrogens (tertiary/aromatic N) is 2. The summed E-state index contributed by atoms with van der Waals surface area (Å²) < 4.78 is 0. The normalized spacial score (nSPS) is 15.4. The van der Waals surface area contributed by atoms with Crippen LogP contribution in [-0.2, 0) is 6.42 Å². The quantitative estimate of drug-likeness (QED) is 0.417. The first-order valence-corrected chi connectivity index (χ1v) is 10.3. The standard InChI is InChI=1S/C22H36N4O/c1-23-22(24-15-8-12-18-9-5-4-6-10-18)25-16-14-19-11-7-13-20(17-19)21(27)26(2)3/h7,11,13,17-18H,4-6,8-10,12,14-16H2,1-3H3,(H2,23,24,25). The van der Waals surface area contributed by atoms with E-state index in [2.05, 4.69) is 21.7 Å². The van der Waals surface area contributed by atoms with Crippen LogP contribution in [0.25, 0.3) is 0 Å². The van der Waals surface area contributed by atoms with Gasteiger partial charge in [0.25, 0.3) is 5.91 Å². The smallest absolute Gasteiger partial charge is 0.253 e. The lowest BCUT2D eigenvalue weighted by atomic mass is 9.86. The third-order valence-corrected chi connectivity index (χ3v) is 5.32. The molecule has 0 radical (unpaired) electrons. The largest absolute Gasteiger partial charge is 0.356 e. The molecule has 0 spiro atoms. The Morgan fingerprint density at radius 2 is 1.89 bits per heavy atom. The molecule has 1 saturated carbocycles. The third kappa shape index (κ3) is 7.61. The van der Waals surface area contributed by atoms with Crippen molar-refractivity contribution in [2.45, 2.75) is 51.4 Å². The molecule has 1 aliphatic rings. The van der Waals surface area contributed by atoms with Gasteiger partial charge in [0.1, 0.15) is 0 Å². The molecule has 1 aromatic carbocycles. The molecule has 0 unspecified atom stereocenters. The predicted molar refractivity (Wildman–Crippen MR) is 113 cm³/mol. The fraction of sp³-hybridized carbons (Fsp3) is 0.636. The lowest BCUT2D eigenvalue weighted by molar-refractivity contribution is 0.0827. The number of carbonyl (C=O) groups excluding carboxylic acids is 1. The first-order chi connectivity index (χ1) is 13.1. The minimum Gasteiger partial charge on any atom is -0.356 e. The Morgan fingerprint density at radius 1 is 1.15 bits per heavy atom. The second-order valence-corrected chi connectivity index (χ2v) is 7.72. The number of guanidine groups is 1. The van der Waals surface area contributed by atoms with Crippen LogP contribution in [0.4, 0.5) is 0 Å². The number of nitrogens with one attached hydrogen (secondary N) is 2. The van der Waals surface area contributed by atoms with Crippen molar-refractivity contribution < 1.29 is 4.79 Å². The summed E-state index contributed by atoms with van der Waals surface area (Å²) in [6.07, 6.45) is 10.5. The molecular weight excluding hydrogens is 336 g/mol. The fourth-order valence-electron chi connectivity index (χ4n) is 3.74. The van der Waals surface area contributed by atoms with Gasteiger partial charge in [-0.15, -0.1) is 0 Å². The average Bonchev–Trinajstić information content (AvgIpc) is 2.70. The van der Waals surface area contributed by atoms with Crippen LogP contribution in [0.1, 0.15) is 60.9 Å². The van der Waals surface area contributed by atoms with Crippen LogP contribution in [0.3, 0.4) is 0 Å². The molecule has 0 aromatic heterocycles. The highest BCUT2D eigenvalue weighted by atomic mass is 16.2. The highest BCUT2D eigenvalue weighted by Gasteiger charge is 2.12. The first-order valence-electron chi connectivity index (χ1n) is 10.3. The van der Waals surface area contributed by atoms with E-state index < -0.39 is 0 Å². The van der Waals surface area contributed by atoms with Gasteiger partial charge in [-0.3, -0.25) is 9.79 Å². The van der Waals surface area contributed by atoms with Gasteiger partial charge in [-0.25, -0.2) is 0 Å². The van der Waals surface area contributed by atoms with Crippen molar-refractivity contribution in [2.24, 2.45) is 10.9 Å². The topological polar surface area (TPSA) is 56.7 Å². The lowest BCUT2D eigenvalue weighted by Gasteiger charge is -2.21. The number of hydrogen-bond donors (Lipinski definition) is 2. The van der Waals surface area contributed by atoms with Crippen LogP contribution >= 0.6 is 0 Å². The molecule has 150 valence electrons. The second-order valence-electron chi connectivity index (χ2n) is 7.72. The van der Waals surface area contributed by atoms with E-state index in [0.717, 1.165) is 42.5 Å². The minimum absolute atomic E-state index is 0.0419. The van der Waals surface area contributed by atoms with E-state index in [-0.39, 0.29) is 5.91 Å². The van der Waals surface area contributed by atoms with Gasteiger partial charge >= 0.3 is 0 Å². The van der Waals surface area contributed by atoms with Crippen LogP contribution in [0.15, 0.2) is 29.3 Å². The van der Waals surface area contributed by atoms with Gasteiger partial charge in [0.15, 0.2) is 5.96 Å². The van der Waals surface area contributed by atoms with Gasteiger partial charge in [0.2, 0.25) is 0 Å². The maximum absolute atomic E-state index is 12.1. The van der Waals surface area contributed by atoms with E-state index in [1.165, 1.54) is 44.9 Å². The minimum atomic E-state index is 0.0419. The Bertz CT molecular complexity index is 606. The monoisotopic (exact) mass is 372 g/mol. The predicted octanol–water partition coefficient (Wildman–Crippen LogP) is 3.46. The van der Waals surface area contributed by atoms with Crippen molar-refractivity contribution in [1.82, 2.24) is 15.5 Å². The first kappa shape index (κ1) is 21.3. The Kier molecular flexibility index (Phi) is 9.16. The molecule has 0 bridgehead atoms. The average molecular weight is 373 g/mol. The fourth-order valence-corrected chi connectivity index (χ4v) is 3.74. The van der Waals surface area contributed by atoms with E-state index in [1.807, 2.05) is 25.2 Å². The van der Waals surface area contributed by atoms with Crippen LogP contribution in [0.2, 0.25) is 0 Å². The molecule has 5 heteroatoms. The number of aliphatic imine (C=N–C) groups is 1. The molecular formula is C22H36N4O. The van der Waals surface area contributed by atoms with Crippen molar-refractivity contribution >= 4 is 11.9 Å². The molecule has 1 aromatic rings. The Morgan fingerprint density at radius 3 is 2.59 bits per heavy atom. The highest BCUT2D eigenvalue weighted by molar-refractivity contribution is 5.94. The molecule has 1 fully saturated rings. The summed E-state index contributed by atoms with van der Waals surface area (Å²) in [5.41, 5.74) is 1.89. The molecule has 1 amide bonds. The molecule has 0 atom stereocenters. The molecule has 5 nitrogen and oxygen atoms in total. The van der Waals surface area contributed by atoms with Crippen molar-refractivity contribution in [3.8, 4) is 0 Å². The summed E-state index contributed by atoms with van der Waals surface area (Å²) in [6, 6.07) is 7.86. The zero-order valence-electron chi connectivity index (χ0n) is 17.3. The van der Waals surface area contributed by atoms with E-state index in [9.17, 15) is 4.79 Å². The molecule has 0 heterocycles. The van der Waals surface area contributed by atoms with Gasteiger partial charge in [0, 0.05) is 39.8 Å². The summed E-state index contributed by atoms with van der Waals surface area (Å²) in [5.74, 6) is 1.84. The summed E-state index contributed by atoms with van der Waals surface area (Å²) in [4.78, 5) is 18.0. The van der Waals surface area contributed by atoms with Gasteiger partial charge in [-0.05, 0) is 42.9 Å². The van der Waals surface area contributed by atoms with Gasteiger partial charge < -0.3 is 15.5 Å². The van der Waals surface area contributed by atoms with Crippen molar-refractivity contribution in [2.75, 3.05) is 34.2 Å². The molecule has 27 heavy (non-hydrogen) atoms. The molecule has 0 saturated heterocycles. The summed E-state index contributed by atoms with van der Waals surface area (Å²) >= 11 is 0. The van der Waals surface area contributed by atoms with E-state index in [1.54, 1.807) is 19.0 Å². The van der Waals surface area contributed by atoms with Crippen LogP contribution in [-0.4, -0.2) is 51.0 Å². The number of rotatable bonds is 8. The van der Waals surface area contributed by atoms with Crippen LogP contribution < -0.4 is 10.6 Å². The molecule has 2 rings (SSSR count). The lowest BCUT2D eigenvalue weighted by Crippen LogP contribution is -2.38. The Labute approximate surface area is 164 Å². The SMILES string of the molecule is CN=C(NCCCC1CCCCC1)NCCc1cccc(C(=O)N(C)C)c1. The Hall–Kier alpha value is -2.04. The molecule has 1 aliphatic carbocycles. The van der Waals surface area contributed by atoms with Crippen molar-refractivity contribution in [3.63, 3.8) is 0 Å². The number of benzene rings is 1. The van der Waals surface area contributed by atoms with E-state index >= 15 is 0 Å². The highest BCUT2D eigenvalue weighted by Crippen LogP contribution is 2.26. The number of amides is 1. The van der Waals surface area contributed by atoms with Crippen molar-refractivity contribution in [3.05, 3.63) is 35.4 Å². The Balaban J connectivity index is 1.67. The summed E-state index contributed by atoms with van der Waals surface area (Å²) in [6.45, 7) is 1.77. The van der Waals surface area contributed by atoms with Crippen molar-refractivity contribution in [1.29, 1.82) is 0 Å². The summed E-state index contributed by atoms with van der Waals surface area (Å²) in [5, 5.41) is 6.79. The van der Waals surface area contributed by atoms with E-state index in [4.69, 9.17) is 0 Å². The second kappa shape index (κ2) is 11.6. The van der Waals surface area contributed by atoms with Crippen LogP contribution in [0.5, 0.6) is 0 Å². The molecule has 0 aliphatic heterocycles. The maximum Gasteiger partial charge on any atom is 0.253 e.